The van der Waals surface area contributed by atoms with Gasteiger partial charge in [-0.05, 0) is 35.0 Å². The van der Waals surface area contributed by atoms with Gasteiger partial charge in [0.05, 0.1) is 6.21 Å². The number of hydrogen-bond donors (Lipinski definition) is 2. The number of halogens is 1. The lowest BCUT2D eigenvalue weighted by Gasteiger charge is -2.04. The van der Waals surface area contributed by atoms with Gasteiger partial charge in [-0.15, -0.1) is 0 Å². The summed E-state index contributed by atoms with van der Waals surface area (Å²) < 4.78 is 0.994. The van der Waals surface area contributed by atoms with E-state index in [9.17, 15) is 4.79 Å². The number of fused-ring (bicyclic) bond motifs is 2. The van der Waals surface area contributed by atoms with E-state index in [-0.39, 0.29) is 5.91 Å². The van der Waals surface area contributed by atoms with Gasteiger partial charge in [0, 0.05) is 32.7 Å². The Hall–Kier alpha value is -2.92. The molecule has 4 rings (SSSR count). The van der Waals surface area contributed by atoms with Gasteiger partial charge in [-0.3, -0.25) is 4.79 Å². The molecule has 1 heterocycles. The molecular weight excluding hydrogens is 378 g/mol. The molecule has 0 bridgehead atoms. The Morgan fingerprint density at radius 2 is 1.88 bits per heavy atom. The molecule has 0 saturated heterocycles. The van der Waals surface area contributed by atoms with E-state index in [1.807, 2.05) is 60.8 Å². The van der Waals surface area contributed by atoms with Gasteiger partial charge in [-0.1, -0.05) is 52.3 Å². The third-order valence-electron chi connectivity index (χ3n) is 4.08. The molecule has 0 unspecified atom stereocenters. The molecule has 0 spiro atoms. The van der Waals surface area contributed by atoms with Gasteiger partial charge in [0.15, 0.2) is 0 Å². The molecule has 0 aliphatic heterocycles. The Morgan fingerprint density at radius 3 is 2.80 bits per heavy atom. The minimum Gasteiger partial charge on any atom is -0.361 e. The maximum atomic E-state index is 12.5. The standard InChI is InChI=1S/C20H14BrN3O/c21-15-8-9-19-18(10-15)14(11-22-19)12-23-24-20(25)17-7-3-5-13-4-1-2-6-16(13)17/h1-12,22H,(H,24,25)/b23-12+. The van der Waals surface area contributed by atoms with Gasteiger partial charge in [0.1, 0.15) is 0 Å². The second kappa shape index (κ2) is 6.53. The number of rotatable bonds is 3. The van der Waals surface area contributed by atoms with Crippen LogP contribution < -0.4 is 5.43 Å². The largest absolute Gasteiger partial charge is 0.361 e. The molecule has 4 aromatic rings. The molecule has 0 atom stereocenters. The van der Waals surface area contributed by atoms with Gasteiger partial charge >= 0.3 is 0 Å². The summed E-state index contributed by atoms with van der Waals surface area (Å²) >= 11 is 3.47. The Morgan fingerprint density at radius 1 is 1.04 bits per heavy atom. The van der Waals surface area contributed by atoms with Crippen LogP contribution in [0.2, 0.25) is 0 Å². The molecule has 2 N–H and O–H groups in total. The van der Waals surface area contributed by atoms with Crippen molar-refractivity contribution in [3.8, 4) is 0 Å². The Bertz CT molecular complexity index is 1110. The first-order valence-electron chi connectivity index (χ1n) is 7.80. The molecule has 3 aromatic carbocycles. The predicted molar refractivity (Wildman–Crippen MR) is 105 cm³/mol. The fourth-order valence-electron chi connectivity index (χ4n) is 2.87. The van der Waals surface area contributed by atoms with Crippen molar-refractivity contribution in [2.24, 2.45) is 5.10 Å². The van der Waals surface area contributed by atoms with Crippen LogP contribution >= 0.6 is 15.9 Å². The van der Waals surface area contributed by atoms with Crippen LogP contribution in [-0.4, -0.2) is 17.1 Å². The zero-order valence-corrected chi connectivity index (χ0v) is 14.7. The van der Waals surface area contributed by atoms with Crippen LogP contribution in [-0.2, 0) is 0 Å². The van der Waals surface area contributed by atoms with Crippen LogP contribution in [0.25, 0.3) is 21.7 Å². The Balaban J connectivity index is 1.58. The molecule has 1 aromatic heterocycles. The van der Waals surface area contributed by atoms with E-state index in [4.69, 9.17) is 0 Å². The van der Waals surface area contributed by atoms with E-state index in [1.165, 1.54) is 0 Å². The lowest BCUT2D eigenvalue weighted by Crippen LogP contribution is -2.17. The van der Waals surface area contributed by atoms with Crippen molar-refractivity contribution in [3.63, 3.8) is 0 Å². The second-order valence-electron chi connectivity index (χ2n) is 5.66. The minimum atomic E-state index is -0.228. The Kier molecular flexibility index (Phi) is 4.07. The molecule has 25 heavy (non-hydrogen) atoms. The van der Waals surface area contributed by atoms with Crippen LogP contribution in [0.15, 0.2) is 76.4 Å². The summed E-state index contributed by atoms with van der Waals surface area (Å²) in [6.45, 7) is 0. The van der Waals surface area contributed by atoms with E-state index < -0.39 is 0 Å². The fourth-order valence-corrected chi connectivity index (χ4v) is 3.23. The van der Waals surface area contributed by atoms with Gasteiger partial charge in [-0.25, -0.2) is 5.43 Å². The molecule has 122 valence electrons. The van der Waals surface area contributed by atoms with Gasteiger partial charge in [0.25, 0.3) is 5.91 Å². The molecule has 0 aliphatic carbocycles. The summed E-state index contributed by atoms with van der Waals surface area (Å²) in [5.41, 5.74) is 5.15. The lowest BCUT2D eigenvalue weighted by molar-refractivity contribution is 0.0957. The number of nitrogens with one attached hydrogen (secondary N) is 2. The van der Waals surface area contributed by atoms with E-state index in [1.54, 1.807) is 12.3 Å². The van der Waals surface area contributed by atoms with Crippen molar-refractivity contribution >= 4 is 49.7 Å². The first kappa shape index (κ1) is 15.6. The summed E-state index contributed by atoms with van der Waals surface area (Å²) in [5, 5.41) is 7.10. The van der Waals surface area contributed by atoms with Crippen molar-refractivity contribution in [3.05, 3.63) is 82.5 Å². The SMILES string of the molecule is O=C(N/N=C/c1c[nH]c2ccc(Br)cc12)c1cccc2ccccc12. The minimum absolute atomic E-state index is 0.228. The van der Waals surface area contributed by atoms with Crippen molar-refractivity contribution in [2.45, 2.75) is 0 Å². The van der Waals surface area contributed by atoms with E-state index in [0.717, 1.165) is 31.7 Å². The van der Waals surface area contributed by atoms with Gasteiger partial charge in [0.2, 0.25) is 0 Å². The van der Waals surface area contributed by atoms with Crippen LogP contribution in [0.4, 0.5) is 0 Å². The number of hydrogen-bond acceptors (Lipinski definition) is 2. The number of H-pyrrole nitrogens is 1. The highest BCUT2D eigenvalue weighted by molar-refractivity contribution is 9.10. The summed E-state index contributed by atoms with van der Waals surface area (Å²) in [6, 6.07) is 19.4. The first-order valence-corrected chi connectivity index (χ1v) is 8.59. The maximum absolute atomic E-state index is 12.5. The summed E-state index contributed by atoms with van der Waals surface area (Å²) in [7, 11) is 0. The van der Waals surface area contributed by atoms with Crippen molar-refractivity contribution in [2.75, 3.05) is 0 Å². The molecule has 4 nitrogen and oxygen atoms in total. The highest BCUT2D eigenvalue weighted by Crippen LogP contribution is 2.22. The predicted octanol–water partition coefficient (Wildman–Crippen LogP) is 4.85. The van der Waals surface area contributed by atoms with Crippen molar-refractivity contribution in [1.29, 1.82) is 0 Å². The zero-order chi connectivity index (χ0) is 17.2. The number of aromatic amines is 1. The summed E-state index contributed by atoms with van der Waals surface area (Å²) in [4.78, 5) is 15.6. The van der Waals surface area contributed by atoms with Crippen molar-refractivity contribution < 1.29 is 4.79 Å². The van der Waals surface area contributed by atoms with Gasteiger partial charge in [-0.2, -0.15) is 5.10 Å². The number of hydrazone groups is 1. The van der Waals surface area contributed by atoms with Gasteiger partial charge < -0.3 is 4.98 Å². The number of nitrogens with zero attached hydrogens (tertiary/aromatic N) is 1. The third kappa shape index (κ3) is 3.06. The number of carbonyl (C=O) groups is 1. The molecule has 0 fully saturated rings. The van der Waals surface area contributed by atoms with Crippen LogP contribution in [0.5, 0.6) is 0 Å². The van der Waals surface area contributed by atoms with Crippen LogP contribution in [0.1, 0.15) is 15.9 Å². The second-order valence-corrected chi connectivity index (χ2v) is 6.58. The lowest BCUT2D eigenvalue weighted by atomic mass is 10.0. The quantitative estimate of drug-likeness (QED) is 0.380. The molecule has 0 saturated carbocycles. The van der Waals surface area contributed by atoms with Crippen molar-refractivity contribution in [1.82, 2.24) is 10.4 Å². The van der Waals surface area contributed by atoms with Crippen LogP contribution in [0.3, 0.4) is 0 Å². The number of carbonyl (C=O) groups excluding carboxylic acids is 1. The van der Waals surface area contributed by atoms with E-state index >= 15 is 0 Å². The topological polar surface area (TPSA) is 57.2 Å². The monoisotopic (exact) mass is 391 g/mol. The molecule has 1 amide bonds. The maximum Gasteiger partial charge on any atom is 0.271 e. The normalized spacial score (nSPS) is 11.4. The summed E-state index contributed by atoms with van der Waals surface area (Å²) in [5.74, 6) is -0.228. The average Bonchev–Trinajstić information content (AvgIpc) is 3.03. The van der Waals surface area contributed by atoms with E-state index in [2.05, 4.69) is 31.4 Å². The molecule has 0 radical (unpaired) electrons. The number of amides is 1. The Labute approximate surface area is 152 Å². The molecule has 0 aliphatic rings. The number of benzene rings is 3. The zero-order valence-electron chi connectivity index (χ0n) is 13.2. The first-order chi connectivity index (χ1) is 12.2. The molecule has 5 heteroatoms. The van der Waals surface area contributed by atoms with E-state index in [0.29, 0.717) is 5.56 Å². The average molecular weight is 392 g/mol. The fraction of sp³-hybridized carbons (Fsp3) is 0. The highest BCUT2D eigenvalue weighted by Gasteiger charge is 2.08. The smallest absolute Gasteiger partial charge is 0.271 e. The van der Waals surface area contributed by atoms with Crippen LogP contribution in [0, 0.1) is 0 Å². The number of aromatic nitrogens is 1. The highest BCUT2D eigenvalue weighted by atomic mass is 79.9. The molecular formula is C20H14BrN3O. The third-order valence-corrected chi connectivity index (χ3v) is 4.57. The summed E-state index contributed by atoms with van der Waals surface area (Å²) in [6.07, 6.45) is 3.51.